The van der Waals surface area contributed by atoms with E-state index < -0.39 is 0 Å². The summed E-state index contributed by atoms with van der Waals surface area (Å²) in [7, 11) is 4.57. The molecule has 23 heavy (non-hydrogen) atoms. The SMILES string of the molecule is CN1CCC2(CC1)CN(c1ccc(C(C)(C)C)cc1)CCN2C. The highest BCUT2D eigenvalue weighted by atomic mass is 15.3. The van der Waals surface area contributed by atoms with Crippen molar-refractivity contribution >= 4 is 5.69 Å². The van der Waals surface area contributed by atoms with E-state index in [0.717, 1.165) is 6.54 Å². The number of piperazine rings is 1. The molecule has 0 aliphatic carbocycles. The summed E-state index contributed by atoms with van der Waals surface area (Å²) in [6.07, 6.45) is 2.58. The van der Waals surface area contributed by atoms with Crippen LogP contribution in [-0.2, 0) is 5.41 Å². The molecule has 1 spiro atoms. The van der Waals surface area contributed by atoms with Crippen molar-refractivity contribution in [2.75, 3.05) is 51.7 Å². The van der Waals surface area contributed by atoms with Gasteiger partial charge in [-0.15, -0.1) is 0 Å². The zero-order chi connectivity index (χ0) is 16.7. The summed E-state index contributed by atoms with van der Waals surface area (Å²) in [5.41, 5.74) is 3.41. The van der Waals surface area contributed by atoms with Gasteiger partial charge in [0.05, 0.1) is 0 Å². The molecule has 3 rings (SSSR count). The normalized spacial score (nSPS) is 23.4. The standard InChI is InChI=1S/C20H33N3/c1-19(2,3)17-6-8-18(9-7-17)23-15-14-22(5)20(16-23)10-12-21(4)13-11-20/h6-9H,10-16H2,1-5H3. The third-order valence-electron chi connectivity index (χ3n) is 6.02. The van der Waals surface area contributed by atoms with Crippen LogP contribution < -0.4 is 4.90 Å². The summed E-state index contributed by atoms with van der Waals surface area (Å²) in [6, 6.07) is 9.28. The maximum atomic E-state index is 2.63. The van der Waals surface area contributed by atoms with Gasteiger partial charge in [0.1, 0.15) is 0 Å². The number of hydrogen-bond acceptors (Lipinski definition) is 3. The third-order valence-corrected chi connectivity index (χ3v) is 6.02. The van der Waals surface area contributed by atoms with Gasteiger partial charge in [0.25, 0.3) is 0 Å². The lowest BCUT2D eigenvalue weighted by Crippen LogP contribution is -2.64. The summed E-state index contributed by atoms with van der Waals surface area (Å²) >= 11 is 0. The minimum Gasteiger partial charge on any atom is -0.368 e. The number of likely N-dealkylation sites (tertiary alicyclic amines) is 1. The van der Waals surface area contributed by atoms with Gasteiger partial charge in [-0.2, -0.15) is 0 Å². The van der Waals surface area contributed by atoms with Crippen molar-refractivity contribution in [3.63, 3.8) is 0 Å². The first-order valence-electron chi connectivity index (χ1n) is 9.05. The van der Waals surface area contributed by atoms with Crippen LogP contribution in [-0.4, -0.2) is 62.2 Å². The number of likely N-dealkylation sites (N-methyl/N-ethyl adjacent to an activating group) is 1. The van der Waals surface area contributed by atoms with Gasteiger partial charge < -0.3 is 9.80 Å². The van der Waals surface area contributed by atoms with Gasteiger partial charge in [0, 0.05) is 30.9 Å². The molecule has 0 N–H and O–H groups in total. The largest absolute Gasteiger partial charge is 0.368 e. The smallest absolute Gasteiger partial charge is 0.0406 e. The van der Waals surface area contributed by atoms with Gasteiger partial charge in [-0.25, -0.2) is 0 Å². The molecule has 3 heteroatoms. The van der Waals surface area contributed by atoms with E-state index in [1.807, 2.05) is 0 Å². The van der Waals surface area contributed by atoms with E-state index in [2.05, 4.69) is 73.8 Å². The predicted molar refractivity (Wildman–Crippen MR) is 99.4 cm³/mol. The van der Waals surface area contributed by atoms with Crippen LogP contribution in [0.5, 0.6) is 0 Å². The summed E-state index contributed by atoms with van der Waals surface area (Å²) in [6.45, 7) is 12.8. The monoisotopic (exact) mass is 315 g/mol. The van der Waals surface area contributed by atoms with E-state index in [9.17, 15) is 0 Å². The Morgan fingerprint density at radius 1 is 0.870 bits per heavy atom. The number of piperidine rings is 1. The molecule has 0 amide bonds. The molecule has 0 radical (unpaired) electrons. The van der Waals surface area contributed by atoms with Crippen LogP contribution in [0.4, 0.5) is 5.69 Å². The fourth-order valence-corrected chi connectivity index (χ4v) is 4.03. The summed E-state index contributed by atoms with van der Waals surface area (Å²) in [5, 5.41) is 0. The van der Waals surface area contributed by atoms with Gasteiger partial charge in [-0.1, -0.05) is 32.9 Å². The summed E-state index contributed by atoms with van der Waals surface area (Å²) in [4.78, 5) is 7.70. The molecular formula is C20H33N3. The minimum atomic E-state index is 0.232. The average molecular weight is 316 g/mol. The maximum Gasteiger partial charge on any atom is 0.0406 e. The Labute approximate surface area is 142 Å². The molecule has 2 aliphatic heterocycles. The Kier molecular flexibility index (Phi) is 4.45. The van der Waals surface area contributed by atoms with Crippen molar-refractivity contribution in [1.82, 2.24) is 9.80 Å². The van der Waals surface area contributed by atoms with Crippen LogP contribution in [0.1, 0.15) is 39.2 Å². The number of nitrogens with zero attached hydrogens (tertiary/aromatic N) is 3. The number of anilines is 1. The van der Waals surface area contributed by atoms with E-state index in [1.165, 1.54) is 50.3 Å². The predicted octanol–water partition coefficient (Wildman–Crippen LogP) is 3.20. The zero-order valence-electron chi connectivity index (χ0n) is 15.6. The Morgan fingerprint density at radius 3 is 2.04 bits per heavy atom. The van der Waals surface area contributed by atoms with Gasteiger partial charge in [0.2, 0.25) is 0 Å². The quantitative estimate of drug-likeness (QED) is 0.788. The molecule has 2 saturated heterocycles. The summed E-state index contributed by atoms with van der Waals surface area (Å²) in [5.74, 6) is 0. The Hall–Kier alpha value is -1.06. The van der Waals surface area contributed by atoms with Crippen LogP contribution in [0.25, 0.3) is 0 Å². The van der Waals surface area contributed by atoms with E-state index in [4.69, 9.17) is 0 Å². The number of rotatable bonds is 1. The molecule has 1 aromatic carbocycles. The van der Waals surface area contributed by atoms with Crippen LogP contribution in [0, 0.1) is 0 Å². The molecule has 0 atom stereocenters. The Bertz CT molecular complexity index is 521. The first-order chi connectivity index (χ1) is 10.8. The topological polar surface area (TPSA) is 9.72 Å². The Morgan fingerprint density at radius 2 is 1.48 bits per heavy atom. The molecule has 0 bridgehead atoms. The van der Waals surface area contributed by atoms with E-state index in [-0.39, 0.29) is 5.41 Å². The van der Waals surface area contributed by atoms with E-state index in [1.54, 1.807) is 0 Å². The molecule has 2 fully saturated rings. The van der Waals surface area contributed by atoms with E-state index >= 15 is 0 Å². The molecule has 2 aliphatic rings. The third kappa shape index (κ3) is 3.41. The van der Waals surface area contributed by atoms with Gasteiger partial charge in [-0.05, 0) is 63.1 Å². The fourth-order valence-electron chi connectivity index (χ4n) is 4.03. The van der Waals surface area contributed by atoms with Crippen molar-refractivity contribution in [2.45, 2.75) is 44.6 Å². The van der Waals surface area contributed by atoms with Crippen molar-refractivity contribution in [1.29, 1.82) is 0 Å². The molecule has 0 aromatic heterocycles. The minimum absolute atomic E-state index is 0.232. The van der Waals surface area contributed by atoms with Gasteiger partial charge in [0.15, 0.2) is 0 Å². The second kappa shape index (κ2) is 6.10. The van der Waals surface area contributed by atoms with Crippen molar-refractivity contribution in [3.05, 3.63) is 29.8 Å². The molecule has 128 valence electrons. The average Bonchev–Trinajstić information content (AvgIpc) is 2.52. The number of hydrogen-bond donors (Lipinski definition) is 0. The van der Waals surface area contributed by atoms with Crippen LogP contribution in [0.3, 0.4) is 0 Å². The lowest BCUT2D eigenvalue weighted by Gasteiger charge is -2.53. The highest BCUT2D eigenvalue weighted by Crippen LogP contribution is 2.34. The summed E-state index contributed by atoms with van der Waals surface area (Å²) < 4.78 is 0. The highest BCUT2D eigenvalue weighted by molar-refractivity contribution is 5.49. The first-order valence-corrected chi connectivity index (χ1v) is 9.05. The molecular weight excluding hydrogens is 282 g/mol. The second-order valence-electron chi connectivity index (χ2n) is 8.67. The Balaban J connectivity index is 1.76. The molecule has 0 saturated carbocycles. The molecule has 1 aromatic rings. The molecule has 0 unspecified atom stereocenters. The van der Waals surface area contributed by atoms with Gasteiger partial charge >= 0.3 is 0 Å². The highest BCUT2D eigenvalue weighted by Gasteiger charge is 2.41. The first kappa shape index (κ1) is 16.8. The zero-order valence-corrected chi connectivity index (χ0v) is 15.6. The van der Waals surface area contributed by atoms with Crippen molar-refractivity contribution in [2.24, 2.45) is 0 Å². The molecule has 3 nitrogen and oxygen atoms in total. The maximum absolute atomic E-state index is 2.63. The van der Waals surface area contributed by atoms with E-state index in [0.29, 0.717) is 5.54 Å². The lowest BCUT2D eigenvalue weighted by atomic mass is 9.83. The lowest BCUT2D eigenvalue weighted by molar-refractivity contribution is 0.0385. The fraction of sp³-hybridized carbons (Fsp3) is 0.700. The van der Waals surface area contributed by atoms with Crippen LogP contribution in [0.15, 0.2) is 24.3 Å². The second-order valence-corrected chi connectivity index (χ2v) is 8.67. The van der Waals surface area contributed by atoms with Crippen LogP contribution >= 0.6 is 0 Å². The number of benzene rings is 1. The molecule has 2 heterocycles. The van der Waals surface area contributed by atoms with Gasteiger partial charge in [-0.3, -0.25) is 4.90 Å². The van der Waals surface area contributed by atoms with Crippen molar-refractivity contribution in [3.8, 4) is 0 Å². The van der Waals surface area contributed by atoms with Crippen molar-refractivity contribution < 1.29 is 0 Å². The van der Waals surface area contributed by atoms with Crippen LogP contribution in [0.2, 0.25) is 0 Å².